The number of carbonyl (C=O) groups is 1. The zero-order valence-electron chi connectivity index (χ0n) is 12.9. The quantitative estimate of drug-likeness (QED) is 0.844. The molecule has 1 aliphatic heterocycles. The summed E-state index contributed by atoms with van der Waals surface area (Å²) in [6, 6.07) is 0.541. The lowest BCUT2D eigenvalue weighted by atomic mass is 9.69. The molecule has 3 rings (SSSR count). The molecule has 2 aliphatic carbocycles. The van der Waals surface area contributed by atoms with Crippen molar-refractivity contribution in [3.05, 3.63) is 0 Å². The number of carbonyl (C=O) groups excluding carboxylic acids is 1. The Balaban J connectivity index is 1.76. The van der Waals surface area contributed by atoms with Gasteiger partial charge in [-0.05, 0) is 63.2 Å². The lowest BCUT2D eigenvalue weighted by molar-refractivity contribution is -0.149. The highest BCUT2D eigenvalue weighted by Gasteiger charge is 2.46. The van der Waals surface area contributed by atoms with E-state index < -0.39 is 0 Å². The van der Waals surface area contributed by atoms with E-state index >= 15 is 0 Å². The van der Waals surface area contributed by atoms with E-state index in [1.54, 1.807) is 0 Å². The third-order valence-electron chi connectivity index (χ3n) is 6.33. The van der Waals surface area contributed by atoms with Gasteiger partial charge >= 0.3 is 0 Å². The Kier molecular flexibility index (Phi) is 4.07. The van der Waals surface area contributed by atoms with Crippen molar-refractivity contribution in [1.29, 1.82) is 0 Å². The molecule has 1 saturated heterocycles. The Morgan fingerprint density at radius 2 is 1.85 bits per heavy atom. The summed E-state index contributed by atoms with van der Waals surface area (Å²) in [6.45, 7) is 3.84. The lowest BCUT2D eigenvalue weighted by Gasteiger charge is -2.45. The van der Waals surface area contributed by atoms with Crippen LogP contribution in [0.4, 0.5) is 0 Å². The lowest BCUT2D eigenvalue weighted by Crippen LogP contribution is -2.55. The number of hydrogen-bond acceptors (Lipinski definition) is 2. The molecule has 3 fully saturated rings. The first-order valence-corrected chi connectivity index (χ1v) is 8.67. The number of piperidine rings is 1. The molecule has 1 amide bonds. The molecule has 114 valence electrons. The highest BCUT2D eigenvalue weighted by atomic mass is 16.2. The van der Waals surface area contributed by atoms with Gasteiger partial charge in [0.15, 0.2) is 0 Å². The van der Waals surface area contributed by atoms with Gasteiger partial charge in [-0.1, -0.05) is 13.3 Å². The molecule has 0 aromatic carbocycles. The minimum absolute atomic E-state index is 0.225. The first-order valence-electron chi connectivity index (χ1n) is 8.67. The van der Waals surface area contributed by atoms with E-state index in [2.05, 4.69) is 11.8 Å². The van der Waals surface area contributed by atoms with E-state index in [9.17, 15) is 4.79 Å². The van der Waals surface area contributed by atoms with Gasteiger partial charge in [-0.25, -0.2) is 0 Å². The highest BCUT2D eigenvalue weighted by Crippen LogP contribution is 2.43. The fourth-order valence-electron chi connectivity index (χ4n) is 4.83. The van der Waals surface area contributed by atoms with Crippen molar-refractivity contribution in [3.8, 4) is 0 Å². The van der Waals surface area contributed by atoms with E-state index in [0.717, 1.165) is 31.2 Å². The van der Waals surface area contributed by atoms with Gasteiger partial charge in [0.2, 0.25) is 5.91 Å². The van der Waals surface area contributed by atoms with Gasteiger partial charge in [0.25, 0.3) is 0 Å². The smallest absolute Gasteiger partial charge is 0.230 e. The first kappa shape index (κ1) is 14.4. The molecule has 3 heteroatoms. The van der Waals surface area contributed by atoms with Crippen LogP contribution in [0.25, 0.3) is 0 Å². The van der Waals surface area contributed by atoms with E-state index in [1.807, 2.05) is 0 Å². The minimum Gasteiger partial charge on any atom is -0.339 e. The fourth-order valence-corrected chi connectivity index (χ4v) is 4.83. The summed E-state index contributed by atoms with van der Waals surface area (Å²) < 4.78 is 0. The number of fused-ring (bicyclic) bond motifs is 1. The molecule has 20 heavy (non-hydrogen) atoms. The van der Waals surface area contributed by atoms with Gasteiger partial charge in [-0.3, -0.25) is 4.79 Å². The van der Waals surface area contributed by atoms with E-state index in [4.69, 9.17) is 5.73 Å². The average Bonchev–Trinajstić information content (AvgIpc) is 2.96. The molecule has 3 aliphatic rings. The van der Waals surface area contributed by atoms with Crippen LogP contribution in [0, 0.1) is 17.3 Å². The molecule has 2 unspecified atom stereocenters. The third-order valence-corrected chi connectivity index (χ3v) is 6.33. The van der Waals surface area contributed by atoms with Gasteiger partial charge in [-0.15, -0.1) is 0 Å². The predicted octanol–water partition coefficient (Wildman–Crippen LogP) is 2.93. The second-order valence-corrected chi connectivity index (χ2v) is 7.57. The predicted molar refractivity (Wildman–Crippen MR) is 81.2 cm³/mol. The average molecular weight is 278 g/mol. The zero-order chi connectivity index (χ0) is 14.2. The molecule has 2 saturated carbocycles. The summed E-state index contributed by atoms with van der Waals surface area (Å²) >= 11 is 0. The van der Waals surface area contributed by atoms with Crippen LogP contribution in [0.5, 0.6) is 0 Å². The molecule has 0 aromatic heterocycles. The maximum atomic E-state index is 13.2. The second kappa shape index (κ2) is 5.67. The third kappa shape index (κ3) is 2.38. The van der Waals surface area contributed by atoms with Crippen LogP contribution in [0.3, 0.4) is 0 Å². The first-order chi connectivity index (χ1) is 9.66. The molecular weight excluding hydrogens is 248 g/mol. The van der Waals surface area contributed by atoms with Gasteiger partial charge in [-0.2, -0.15) is 0 Å². The summed E-state index contributed by atoms with van der Waals surface area (Å²) in [5.41, 5.74) is 5.86. The standard InChI is InChI=1S/C17H30N2O/c1-13-7-9-17(12-18,10-8-13)16(20)19-11-3-5-14-4-2-6-15(14)19/h13-15H,2-12,18H2,1H3. The van der Waals surface area contributed by atoms with Gasteiger partial charge in [0.1, 0.15) is 0 Å². The maximum Gasteiger partial charge on any atom is 0.230 e. The van der Waals surface area contributed by atoms with Crippen molar-refractivity contribution in [2.75, 3.05) is 13.1 Å². The van der Waals surface area contributed by atoms with Crippen LogP contribution in [0.1, 0.15) is 64.7 Å². The van der Waals surface area contributed by atoms with Crippen molar-refractivity contribution in [2.24, 2.45) is 23.0 Å². The Morgan fingerprint density at radius 3 is 2.55 bits per heavy atom. The summed E-state index contributed by atoms with van der Waals surface area (Å²) in [5.74, 6) is 1.96. The Bertz CT molecular complexity index is 360. The maximum absolute atomic E-state index is 13.2. The van der Waals surface area contributed by atoms with Crippen LogP contribution >= 0.6 is 0 Å². The van der Waals surface area contributed by atoms with Crippen LogP contribution in [-0.4, -0.2) is 29.9 Å². The van der Waals surface area contributed by atoms with Crippen molar-refractivity contribution >= 4 is 5.91 Å². The minimum atomic E-state index is -0.225. The summed E-state index contributed by atoms with van der Waals surface area (Å²) in [6.07, 6.45) is 10.8. The topological polar surface area (TPSA) is 46.3 Å². The number of nitrogens with zero attached hydrogens (tertiary/aromatic N) is 1. The van der Waals surface area contributed by atoms with Crippen molar-refractivity contribution < 1.29 is 4.79 Å². The van der Waals surface area contributed by atoms with Crippen molar-refractivity contribution in [2.45, 2.75) is 70.8 Å². The Labute approximate surface area is 123 Å². The van der Waals surface area contributed by atoms with Gasteiger partial charge in [0, 0.05) is 19.1 Å². The van der Waals surface area contributed by atoms with Gasteiger partial charge in [0.05, 0.1) is 5.41 Å². The molecular formula is C17H30N2O. The molecule has 2 atom stereocenters. The Hall–Kier alpha value is -0.570. The SMILES string of the molecule is CC1CCC(CN)(C(=O)N2CCCC3CCCC32)CC1. The summed E-state index contributed by atoms with van der Waals surface area (Å²) in [5, 5.41) is 0. The zero-order valence-corrected chi connectivity index (χ0v) is 12.9. The second-order valence-electron chi connectivity index (χ2n) is 7.57. The van der Waals surface area contributed by atoms with Gasteiger partial charge < -0.3 is 10.6 Å². The number of nitrogens with two attached hydrogens (primary N) is 1. The fraction of sp³-hybridized carbons (Fsp3) is 0.941. The van der Waals surface area contributed by atoms with E-state index in [0.29, 0.717) is 18.5 Å². The highest BCUT2D eigenvalue weighted by molar-refractivity contribution is 5.83. The number of likely N-dealkylation sites (tertiary alicyclic amines) is 1. The van der Waals surface area contributed by atoms with E-state index in [-0.39, 0.29) is 5.41 Å². The van der Waals surface area contributed by atoms with Crippen molar-refractivity contribution in [1.82, 2.24) is 4.90 Å². The molecule has 3 nitrogen and oxygen atoms in total. The Morgan fingerprint density at radius 1 is 1.15 bits per heavy atom. The largest absolute Gasteiger partial charge is 0.339 e. The normalized spacial score (nSPS) is 41.5. The van der Waals surface area contributed by atoms with Crippen LogP contribution in [0.15, 0.2) is 0 Å². The summed E-state index contributed by atoms with van der Waals surface area (Å²) in [7, 11) is 0. The molecule has 0 spiro atoms. The molecule has 1 heterocycles. The molecule has 2 N–H and O–H groups in total. The van der Waals surface area contributed by atoms with Crippen molar-refractivity contribution in [3.63, 3.8) is 0 Å². The number of amides is 1. The monoisotopic (exact) mass is 278 g/mol. The number of rotatable bonds is 2. The van der Waals surface area contributed by atoms with Crippen LogP contribution in [0.2, 0.25) is 0 Å². The van der Waals surface area contributed by atoms with Crippen LogP contribution < -0.4 is 5.73 Å². The molecule has 0 radical (unpaired) electrons. The molecule has 0 bridgehead atoms. The summed E-state index contributed by atoms with van der Waals surface area (Å²) in [4.78, 5) is 15.5. The molecule has 0 aromatic rings. The van der Waals surface area contributed by atoms with E-state index in [1.165, 1.54) is 44.9 Å². The van der Waals surface area contributed by atoms with Crippen LogP contribution in [-0.2, 0) is 4.79 Å². The number of hydrogen-bond donors (Lipinski definition) is 1.